The maximum Gasteiger partial charge on any atom is 0.306 e. The van der Waals surface area contributed by atoms with Gasteiger partial charge in [0.15, 0.2) is 6.29 Å². The zero-order valence-corrected chi connectivity index (χ0v) is 34.6. The summed E-state index contributed by atoms with van der Waals surface area (Å²) in [6.07, 6.45) is 41.7. The third-order valence-corrected chi connectivity index (χ3v) is 10.4. The lowest BCUT2D eigenvalue weighted by molar-refractivity contribution is -0.150. The highest BCUT2D eigenvalue weighted by Gasteiger charge is 2.15. The van der Waals surface area contributed by atoms with Crippen LogP contribution in [0.3, 0.4) is 0 Å². The molecule has 0 heterocycles. The number of esters is 1. The van der Waals surface area contributed by atoms with Crippen LogP contribution in [0, 0.1) is 0 Å². The summed E-state index contributed by atoms with van der Waals surface area (Å²) in [5.41, 5.74) is 0. The molecule has 300 valence electrons. The third-order valence-electron chi connectivity index (χ3n) is 10.4. The van der Waals surface area contributed by atoms with Crippen LogP contribution in [0.2, 0.25) is 0 Å². The lowest BCUT2D eigenvalue weighted by Crippen LogP contribution is -2.22. The quantitative estimate of drug-likeness (QED) is 0.0375. The van der Waals surface area contributed by atoms with Crippen LogP contribution in [0.4, 0.5) is 0 Å². The minimum absolute atomic E-state index is 0.0394. The second kappa shape index (κ2) is 41.1. The largest absolute Gasteiger partial charge is 0.462 e. The fraction of sp³-hybridized carbons (Fsp3) is 0.978. The van der Waals surface area contributed by atoms with E-state index in [4.69, 9.17) is 9.47 Å². The number of nitrogens with one attached hydrogen (secondary N) is 1. The summed E-state index contributed by atoms with van der Waals surface area (Å²) in [6, 6.07) is 0. The first-order chi connectivity index (χ1) is 24.6. The van der Waals surface area contributed by atoms with Crippen LogP contribution < -0.4 is 5.32 Å². The number of aliphatic hydroxyl groups is 1. The van der Waals surface area contributed by atoms with Gasteiger partial charge in [0.2, 0.25) is 0 Å². The Bertz CT molecular complexity index is 643. The molecule has 0 amide bonds. The SMILES string of the molecule is CCCCCCCCC(CCCCCCCC)OC(=O)CCCCCCCNCCCCCCCC(O)OC(CCC)CCCCCCCC. The minimum Gasteiger partial charge on any atom is -0.462 e. The maximum absolute atomic E-state index is 12.6. The average molecular weight is 710 g/mol. The number of aliphatic hydroxyl groups excluding tert-OH is 1. The van der Waals surface area contributed by atoms with Crippen LogP contribution in [-0.4, -0.2) is 42.7 Å². The summed E-state index contributed by atoms with van der Waals surface area (Å²) >= 11 is 0. The third kappa shape index (κ3) is 37.1. The predicted molar refractivity (Wildman–Crippen MR) is 218 cm³/mol. The molecular weight excluding hydrogens is 618 g/mol. The van der Waals surface area contributed by atoms with Crippen LogP contribution >= 0.6 is 0 Å². The molecule has 0 saturated heterocycles. The van der Waals surface area contributed by atoms with Gasteiger partial charge in [0.05, 0.1) is 6.10 Å². The van der Waals surface area contributed by atoms with E-state index in [0.717, 1.165) is 70.9 Å². The van der Waals surface area contributed by atoms with Crippen molar-refractivity contribution in [1.29, 1.82) is 0 Å². The average Bonchev–Trinajstić information content (AvgIpc) is 3.10. The topological polar surface area (TPSA) is 67.8 Å². The lowest BCUT2D eigenvalue weighted by Gasteiger charge is -2.21. The van der Waals surface area contributed by atoms with Crippen molar-refractivity contribution in [1.82, 2.24) is 5.32 Å². The molecule has 50 heavy (non-hydrogen) atoms. The molecule has 0 aliphatic rings. The van der Waals surface area contributed by atoms with Gasteiger partial charge in [-0.05, 0) is 83.7 Å². The molecule has 0 rings (SSSR count). The van der Waals surface area contributed by atoms with E-state index in [1.165, 1.54) is 161 Å². The fourth-order valence-corrected chi connectivity index (χ4v) is 7.13. The molecule has 0 spiro atoms. The van der Waals surface area contributed by atoms with Gasteiger partial charge in [-0.1, -0.05) is 175 Å². The fourth-order valence-electron chi connectivity index (χ4n) is 7.13. The van der Waals surface area contributed by atoms with Gasteiger partial charge in [0, 0.05) is 6.42 Å². The van der Waals surface area contributed by atoms with Gasteiger partial charge in [-0.3, -0.25) is 4.79 Å². The Morgan fingerprint density at radius 3 is 1.28 bits per heavy atom. The highest BCUT2D eigenvalue weighted by atomic mass is 16.6. The molecule has 2 unspecified atom stereocenters. The van der Waals surface area contributed by atoms with Crippen molar-refractivity contribution in [3.8, 4) is 0 Å². The van der Waals surface area contributed by atoms with E-state index >= 15 is 0 Å². The molecule has 5 heteroatoms. The maximum atomic E-state index is 12.6. The lowest BCUT2D eigenvalue weighted by atomic mass is 10.0. The Morgan fingerprint density at radius 2 is 0.820 bits per heavy atom. The highest BCUT2D eigenvalue weighted by molar-refractivity contribution is 5.69. The van der Waals surface area contributed by atoms with Crippen LogP contribution in [-0.2, 0) is 14.3 Å². The Balaban J connectivity index is 3.77. The Hall–Kier alpha value is -0.650. The van der Waals surface area contributed by atoms with Gasteiger partial charge < -0.3 is 19.9 Å². The number of rotatable bonds is 42. The Morgan fingerprint density at radius 1 is 0.440 bits per heavy atom. The molecule has 0 radical (unpaired) electrons. The molecule has 2 atom stereocenters. The van der Waals surface area contributed by atoms with Crippen molar-refractivity contribution >= 4 is 5.97 Å². The van der Waals surface area contributed by atoms with E-state index < -0.39 is 6.29 Å². The van der Waals surface area contributed by atoms with Crippen LogP contribution in [0.1, 0.15) is 252 Å². The second-order valence-electron chi connectivity index (χ2n) is 15.6. The zero-order chi connectivity index (χ0) is 36.6. The van der Waals surface area contributed by atoms with E-state index in [9.17, 15) is 9.90 Å². The van der Waals surface area contributed by atoms with Crippen molar-refractivity contribution in [3.63, 3.8) is 0 Å². The number of unbranched alkanes of at least 4 members (excludes halogenated alkanes) is 23. The Labute approximate surface area is 314 Å². The highest BCUT2D eigenvalue weighted by Crippen LogP contribution is 2.19. The zero-order valence-electron chi connectivity index (χ0n) is 34.6. The molecule has 0 aromatic carbocycles. The molecular formula is C45H91NO4. The summed E-state index contributed by atoms with van der Waals surface area (Å²) in [6.45, 7) is 11.2. The molecule has 0 aromatic heterocycles. The molecule has 0 aliphatic heterocycles. The number of carbonyl (C=O) groups excluding carboxylic acids is 1. The number of hydrogen-bond donors (Lipinski definition) is 2. The molecule has 0 aromatic rings. The summed E-state index contributed by atoms with van der Waals surface area (Å²) in [5, 5.41) is 14.0. The van der Waals surface area contributed by atoms with E-state index in [0.29, 0.717) is 6.42 Å². The molecule has 0 bridgehead atoms. The first-order valence-corrected chi connectivity index (χ1v) is 22.8. The smallest absolute Gasteiger partial charge is 0.306 e. The Kier molecular flexibility index (Phi) is 40.6. The number of carbonyl (C=O) groups is 1. The van der Waals surface area contributed by atoms with Gasteiger partial charge in [0.1, 0.15) is 6.10 Å². The molecule has 0 aliphatic carbocycles. The van der Waals surface area contributed by atoms with Gasteiger partial charge in [-0.15, -0.1) is 0 Å². The summed E-state index contributed by atoms with van der Waals surface area (Å²) in [7, 11) is 0. The van der Waals surface area contributed by atoms with E-state index in [2.05, 4.69) is 33.0 Å². The van der Waals surface area contributed by atoms with Crippen molar-refractivity contribution in [3.05, 3.63) is 0 Å². The van der Waals surface area contributed by atoms with Crippen molar-refractivity contribution in [2.24, 2.45) is 0 Å². The molecule has 2 N–H and O–H groups in total. The van der Waals surface area contributed by atoms with Gasteiger partial charge in [-0.25, -0.2) is 0 Å². The first kappa shape index (κ1) is 49.4. The monoisotopic (exact) mass is 710 g/mol. The van der Waals surface area contributed by atoms with Crippen molar-refractivity contribution in [2.45, 2.75) is 271 Å². The van der Waals surface area contributed by atoms with Gasteiger partial charge in [-0.2, -0.15) is 0 Å². The molecule has 0 saturated carbocycles. The summed E-state index contributed by atoms with van der Waals surface area (Å²) in [4.78, 5) is 12.6. The standard InChI is InChI=1S/C45H91NO4/c1-5-9-12-15-20-27-35-42(34-8-4)49-44(47)38-30-23-18-25-32-40-46-41-33-26-19-24-31-39-45(48)50-43(36-28-21-16-13-10-6-2)37-29-22-17-14-11-7-3/h42-44,46-47H,5-41H2,1-4H3. The van der Waals surface area contributed by atoms with Crippen molar-refractivity contribution < 1.29 is 19.4 Å². The van der Waals surface area contributed by atoms with Crippen LogP contribution in [0.25, 0.3) is 0 Å². The summed E-state index contributed by atoms with van der Waals surface area (Å²) in [5.74, 6) is 0.0394. The summed E-state index contributed by atoms with van der Waals surface area (Å²) < 4.78 is 12.0. The second-order valence-corrected chi connectivity index (χ2v) is 15.6. The predicted octanol–water partition coefficient (Wildman–Crippen LogP) is 13.9. The van der Waals surface area contributed by atoms with E-state index in [-0.39, 0.29) is 18.2 Å². The van der Waals surface area contributed by atoms with Gasteiger partial charge >= 0.3 is 5.97 Å². The number of hydrogen-bond acceptors (Lipinski definition) is 5. The van der Waals surface area contributed by atoms with E-state index in [1.54, 1.807) is 0 Å². The first-order valence-electron chi connectivity index (χ1n) is 22.8. The van der Waals surface area contributed by atoms with Crippen LogP contribution in [0.15, 0.2) is 0 Å². The molecule has 5 nitrogen and oxygen atoms in total. The van der Waals surface area contributed by atoms with Gasteiger partial charge in [0.25, 0.3) is 0 Å². The van der Waals surface area contributed by atoms with Crippen LogP contribution in [0.5, 0.6) is 0 Å². The molecule has 0 fully saturated rings. The van der Waals surface area contributed by atoms with Crippen molar-refractivity contribution in [2.75, 3.05) is 13.1 Å². The van der Waals surface area contributed by atoms with E-state index in [1.807, 2.05) is 0 Å². The minimum atomic E-state index is -0.589. The number of ether oxygens (including phenoxy) is 2. The normalized spacial score (nSPS) is 12.9.